The molecule has 1 aromatic heterocycles. The minimum Gasteiger partial charge on any atom is -0.475 e. The predicted molar refractivity (Wildman–Crippen MR) is 54.2 cm³/mol. The number of carboxylic acids is 1. The third-order valence-electron chi connectivity index (χ3n) is 1.59. The highest BCUT2D eigenvalue weighted by Gasteiger charge is 2.08. The summed E-state index contributed by atoms with van der Waals surface area (Å²) >= 11 is 0. The van der Waals surface area contributed by atoms with E-state index in [4.69, 9.17) is 9.52 Å². The van der Waals surface area contributed by atoms with Crippen molar-refractivity contribution >= 4 is 12.0 Å². The highest BCUT2D eigenvalue weighted by Crippen LogP contribution is 2.18. The first-order chi connectivity index (χ1) is 6.38. The van der Waals surface area contributed by atoms with Crippen LogP contribution in [0.25, 0.3) is 6.08 Å². The van der Waals surface area contributed by atoms with E-state index in [0.29, 0.717) is 5.76 Å². The Morgan fingerprint density at radius 3 is 2.50 bits per heavy atom. The molecule has 76 valence electrons. The van der Waals surface area contributed by atoms with E-state index in [-0.39, 0.29) is 11.2 Å². The second-order valence-electron chi connectivity index (χ2n) is 4.21. The standard InChI is InChI=1S/C11H14O3/c1-11(2,3)7-6-8-4-5-9(14-8)10(12)13/h4-7H,1-3H3,(H,12,13)/b7-6+. The van der Waals surface area contributed by atoms with Gasteiger partial charge in [-0.1, -0.05) is 26.8 Å². The van der Waals surface area contributed by atoms with Crippen molar-refractivity contribution in [3.63, 3.8) is 0 Å². The van der Waals surface area contributed by atoms with Crippen LogP contribution in [-0.2, 0) is 0 Å². The molecule has 1 aromatic rings. The fourth-order valence-electron chi connectivity index (χ4n) is 0.889. The summed E-state index contributed by atoms with van der Waals surface area (Å²) in [7, 11) is 0. The van der Waals surface area contributed by atoms with E-state index >= 15 is 0 Å². The normalized spacial score (nSPS) is 12.2. The van der Waals surface area contributed by atoms with Crippen LogP contribution in [0, 0.1) is 5.41 Å². The predicted octanol–water partition coefficient (Wildman–Crippen LogP) is 3.04. The van der Waals surface area contributed by atoms with E-state index in [1.165, 1.54) is 6.07 Å². The van der Waals surface area contributed by atoms with E-state index in [1.54, 1.807) is 12.1 Å². The molecule has 0 unspecified atom stereocenters. The van der Waals surface area contributed by atoms with E-state index in [1.807, 2.05) is 6.08 Å². The van der Waals surface area contributed by atoms with Crippen LogP contribution in [0.15, 0.2) is 22.6 Å². The molecule has 0 aromatic carbocycles. The molecule has 0 spiro atoms. The fourth-order valence-corrected chi connectivity index (χ4v) is 0.889. The van der Waals surface area contributed by atoms with Gasteiger partial charge in [0, 0.05) is 0 Å². The van der Waals surface area contributed by atoms with Crippen LogP contribution in [0.5, 0.6) is 0 Å². The molecule has 0 saturated carbocycles. The summed E-state index contributed by atoms with van der Waals surface area (Å²) in [6.07, 6.45) is 3.75. The Hall–Kier alpha value is -1.51. The summed E-state index contributed by atoms with van der Waals surface area (Å²) in [6.45, 7) is 6.18. The summed E-state index contributed by atoms with van der Waals surface area (Å²) in [5.74, 6) is -0.503. The molecule has 3 nitrogen and oxygen atoms in total. The zero-order chi connectivity index (χ0) is 10.8. The topological polar surface area (TPSA) is 50.4 Å². The molecule has 1 heterocycles. The van der Waals surface area contributed by atoms with Gasteiger partial charge in [-0.05, 0) is 23.6 Å². The highest BCUT2D eigenvalue weighted by molar-refractivity contribution is 5.84. The number of furan rings is 1. The monoisotopic (exact) mass is 194 g/mol. The molecule has 1 N–H and O–H groups in total. The van der Waals surface area contributed by atoms with Gasteiger partial charge in [-0.2, -0.15) is 0 Å². The summed E-state index contributed by atoms with van der Waals surface area (Å²) in [5.41, 5.74) is 0.0657. The number of hydrogen-bond donors (Lipinski definition) is 1. The van der Waals surface area contributed by atoms with Crippen molar-refractivity contribution in [2.24, 2.45) is 5.41 Å². The third-order valence-corrected chi connectivity index (χ3v) is 1.59. The van der Waals surface area contributed by atoms with E-state index < -0.39 is 5.97 Å². The second kappa shape index (κ2) is 3.70. The zero-order valence-corrected chi connectivity index (χ0v) is 8.57. The quantitative estimate of drug-likeness (QED) is 0.787. The number of rotatable bonds is 2. The minimum absolute atomic E-state index is 0.0291. The van der Waals surface area contributed by atoms with E-state index in [2.05, 4.69) is 20.8 Å². The van der Waals surface area contributed by atoms with E-state index in [0.717, 1.165) is 0 Å². The molecule has 0 atom stereocenters. The van der Waals surface area contributed by atoms with Gasteiger partial charge in [0.05, 0.1) is 0 Å². The maximum Gasteiger partial charge on any atom is 0.371 e. The molecule has 0 amide bonds. The number of allylic oxidation sites excluding steroid dienone is 1. The first-order valence-corrected chi connectivity index (χ1v) is 4.41. The Morgan fingerprint density at radius 1 is 1.43 bits per heavy atom. The molecule has 14 heavy (non-hydrogen) atoms. The molecule has 0 aliphatic heterocycles. The maximum atomic E-state index is 10.5. The smallest absolute Gasteiger partial charge is 0.371 e. The zero-order valence-electron chi connectivity index (χ0n) is 8.57. The average molecular weight is 194 g/mol. The van der Waals surface area contributed by atoms with Crippen molar-refractivity contribution < 1.29 is 14.3 Å². The summed E-state index contributed by atoms with van der Waals surface area (Å²) in [6, 6.07) is 3.09. The molecule has 3 heteroatoms. The molecule has 0 aliphatic carbocycles. The van der Waals surface area contributed by atoms with Gasteiger partial charge in [0.1, 0.15) is 5.76 Å². The third kappa shape index (κ3) is 3.09. The Labute approximate surface area is 83.0 Å². The van der Waals surface area contributed by atoms with Crippen molar-refractivity contribution in [3.05, 3.63) is 29.7 Å². The Balaban J connectivity index is 2.79. The summed E-state index contributed by atoms with van der Waals surface area (Å²) in [5, 5.41) is 8.61. The van der Waals surface area contributed by atoms with Crippen LogP contribution in [0.1, 0.15) is 37.1 Å². The van der Waals surface area contributed by atoms with Gasteiger partial charge < -0.3 is 9.52 Å². The Morgan fingerprint density at radius 2 is 2.07 bits per heavy atom. The number of carboxylic acid groups (broad SMARTS) is 1. The molecule has 0 fully saturated rings. The maximum absolute atomic E-state index is 10.5. The lowest BCUT2D eigenvalue weighted by Gasteiger charge is -2.10. The lowest BCUT2D eigenvalue weighted by molar-refractivity contribution is 0.0662. The summed E-state index contributed by atoms with van der Waals surface area (Å²) in [4.78, 5) is 10.5. The van der Waals surface area contributed by atoms with Crippen LogP contribution < -0.4 is 0 Å². The number of carbonyl (C=O) groups is 1. The van der Waals surface area contributed by atoms with Crippen molar-refractivity contribution in [3.8, 4) is 0 Å². The van der Waals surface area contributed by atoms with Crippen LogP contribution in [0.4, 0.5) is 0 Å². The van der Waals surface area contributed by atoms with Gasteiger partial charge in [-0.15, -0.1) is 0 Å². The molecular formula is C11H14O3. The fraction of sp³-hybridized carbons (Fsp3) is 0.364. The molecular weight excluding hydrogens is 180 g/mol. The largest absolute Gasteiger partial charge is 0.475 e. The first-order valence-electron chi connectivity index (χ1n) is 4.41. The molecule has 0 bridgehead atoms. The van der Waals surface area contributed by atoms with Crippen LogP contribution in [-0.4, -0.2) is 11.1 Å². The first kappa shape index (κ1) is 10.6. The van der Waals surface area contributed by atoms with Crippen molar-refractivity contribution in [1.29, 1.82) is 0 Å². The molecule has 0 radical (unpaired) electrons. The molecule has 1 rings (SSSR count). The molecule has 0 aliphatic rings. The number of aromatic carboxylic acids is 1. The van der Waals surface area contributed by atoms with Crippen molar-refractivity contribution in [1.82, 2.24) is 0 Å². The summed E-state index contributed by atoms with van der Waals surface area (Å²) < 4.78 is 5.05. The SMILES string of the molecule is CC(C)(C)/C=C/c1ccc(C(=O)O)o1. The highest BCUT2D eigenvalue weighted by atomic mass is 16.4. The van der Waals surface area contributed by atoms with Crippen molar-refractivity contribution in [2.45, 2.75) is 20.8 Å². The minimum atomic E-state index is -1.04. The second-order valence-corrected chi connectivity index (χ2v) is 4.21. The van der Waals surface area contributed by atoms with E-state index in [9.17, 15) is 4.79 Å². The van der Waals surface area contributed by atoms with Gasteiger partial charge in [-0.25, -0.2) is 4.79 Å². The van der Waals surface area contributed by atoms with Crippen molar-refractivity contribution in [2.75, 3.05) is 0 Å². The lowest BCUT2D eigenvalue weighted by Crippen LogP contribution is -1.97. The van der Waals surface area contributed by atoms with Gasteiger partial charge >= 0.3 is 5.97 Å². The van der Waals surface area contributed by atoms with Crippen LogP contribution in [0.3, 0.4) is 0 Å². The number of hydrogen-bond acceptors (Lipinski definition) is 2. The van der Waals surface area contributed by atoms with Gasteiger partial charge in [-0.3, -0.25) is 0 Å². The van der Waals surface area contributed by atoms with Gasteiger partial charge in [0.15, 0.2) is 0 Å². The molecule has 0 saturated heterocycles. The van der Waals surface area contributed by atoms with Crippen LogP contribution in [0.2, 0.25) is 0 Å². The van der Waals surface area contributed by atoms with Gasteiger partial charge in [0.25, 0.3) is 0 Å². The van der Waals surface area contributed by atoms with Gasteiger partial charge in [0.2, 0.25) is 5.76 Å². The van der Waals surface area contributed by atoms with Crippen LogP contribution >= 0.6 is 0 Å². The average Bonchev–Trinajstić information content (AvgIpc) is 2.47. The Kier molecular flexibility index (Phi) is 2.79. The Bertz CT molecular complexity index is 353. The lowest BCUT2D eigenvalue weighted by atomic mass is 9.96.